The number of pyridine rings is 1. The van der Waals surface area contributed by atoms with E-state index in [1.807, 2.05) is 19.1 Å². The first-order chi connectivity index (χ1) is 6.75. The lowest BCUT2D eigenvalue weighted by Gasteiger charge is -2.03. The fraction of sp³-hybridized carbons (Fsp3) is 0.400. The van der Waals surface area contributed by atoms with Crippen LogP contribution in [-0.2, 0) is 4.74 Å². The highest BCUT2D eigenvalue weighted by Gasteiger charge is 2.02. The molecule has 0 bridgehead atoms. The summed E-state index contributed by atoms with van der Waals surface area (Å²) in [6, 6.07) is 3.84. The van der Waals surface area contributed by atoms with Crippen molar-refractivity contribution in [2.45, 2.75) is 6.92 Å². The van der Waals surface area contributed by atoms with Gasteiger partial charge in [0, 0.05) is 13.3 Å². The maximum atomic E-state index is 5.77. The predicted octanol–water partition coefficient (Wildman–Crippen LogP) is 0.742. The molecule has 2 N–H and O–H groups in total. The van der Waals surface area contributed by atoms with E-state index in [1.165, 1.54) is 0 Å². The summed E-state index contributed by atoms with van der Waals surface area (Å²) in [7, 11) is 1.64. The van der Waals surface area contributed by atoms with Crippen LogP contribution in [0.3, 0.4) is 0 Å². The molecule has 1 aromatic rings. The average Bonchev–Trinajstić information content (AvgIpc) is 2.18. The van der Waals surface area contributed by atoms with E-state index in [1.54, 1.807) is 13.3 Å². The van der Waals surface area contributed by atoms with Crippen LogP contribution in [-0.4, -0.2) is 31.1 Å². The monoisotopic (exact) mass is 193 g/mol. The van der Waals surface area contributed by atoms with Crippen LogP contribution in [0.1, 0.15) is 11.3 Å². The van der Waals surface area contributed by atoms with Gasteiger partial charge in [-0.2, -0.15) is 0 Å². The fourth-order valence-electron chi connectivity index (χ4n) is 1.09. The van der Waals surface area contributed by atoms with Crippen molar-refractivity contribution in [1.29, 1.82) is 0 Å². The van der Waals surface area contributed by atoms with Crippen molar-refractivity contribution in [2.24, 2.45) is 10.7 Å². The lowest BCUT2D eigenvalue weighted by Crippen LogP contribution is -2.17. The standard InChI is InChI=1S/C10H15N3O/c1-8-4-3-5-12-9(8)10(11)13-6-7-14-2/h3-5H,6-7H2,1-2H3,(H2,11,13). The first kappa shape index (κ1) is 10.7. The van der Waals surface area contributed by atoms with E-state index in [9.17, 15) is 0 Å². The van der Waals surface area contributed by atoms with Gasteiger partial charge in [-0.1, -0.05) is 6.07 Å². The number of aromatic nitrogens is 1. The van der Waals surface area contributed by atoms with E-state index < -0.39 is 0 Å². The second kappa shape index (κ2) is 5.34. The van der Waals surface area contributed by atoms with Gasteiger partial charge in [0.15, 0.2) is 0 Å². The number of nitrogens with two attached hydrogens (primary N) is 1. The Hall–Kier alpha value is -1.42. The summed E-state index contributed by atoms with van der Waals surface area (Å²) in [5.41, 5.74) is 7.56. The van der Waals surface area contributed by atoms with Crippen LogP contribution in [0.15, 0.2) is 23.3 Å². The van der Waals surface area contributed by atoms with Crippen LogP contribution in [0.2, 0.25) is 0 Å². The molecule has 1 rings (SSSR count). The molecule has 0 radical (unpaired) electrons. The highest BCUT2D eigenvalue weighted by atomic mass is 16.5. The van der Waals surface area contributed by atoms with Crippen LogP contribution in [0.25, 0.3) is 0 Å². The molecule has 0 saturated carbocycles. The third kappa shape index (κ3) is 2.81. The Kier molecular flexibility index (Phi) is 4.07. The topological polar surface area (TPSA) is 60.5 Å². The number of aliphatic imine (C=N–C) groups is 1. The van der Waals surface area contributed by atoms with Gasteiger partial charge < -0.3 is 10.5 Å². The Bertz CT molecular complexity index is 323. The molecule has 0 unspecified atom stereocenters. The van der Waals surface area contributed by atoms with Crippen LogP contribution in [0, 0.1) is 6.92 Å². The molecule has 1 aromatic heterocycles. The smallest absolute Gasteiger partial charge is 0.144 e. The van der Waals surface area contributed by atoms with Gasteiger partial charge in [-0.25, -0.2) is 0 Å². The van der Waals surface area contributed by atoms with Crippen molar-refractivity contribution in [1.82, 2.24) is 4.98 Å². The molecule has 0 aromatic carbocycles. The summed E-state index contributed by atoms with van der Waals surface area (Å²) < 4.78 is 4.88. The van der Waals surface area contributed by atoms with Gasteiger partial charge in [0.05, 0.1) is 13.2 Å². The fourth-order valence-corrected chi connectivity index (χ4v) is 1.09. The van der Waals surface area contributed by atoms with Gasteiger partial charge in [-0.15, -0.1) is 0 Å². The van der Waals surface area contributed by atoms with Crippen molar-refractivity contribution in [2.75, 3.05) is 20.3 Å². The summed E-state index contributed by atoms with van der Waals surface area (Å²) >= 11 is 0. The molecule has 0 amide bonds. The van der Waals surface area contributed by atoms with Gasteiger partial charge in [0.1, 0.15) is 11.5 Å². The summed E-state index contributed by atoms with van der Waals surface area (Å²) in [5, 5.41) is 0. The molecule has 0 fully saturated rings. The molecule has 76 valence electrons. The van der Waals surface area contributed by atoms with Crippen molar-refractivity contribution >= 4 is 5.84 Å². The van der Waals surface area contributed by atoms with E-state index in [4.69, 9.17) is 10.5 Å². The Morgan fingerprint density at radius 1 is 1.64 bits per heavy atom. The number of ether oxygens (including phenoxy) is 1. The van der Waals surface area contributed by atoms with Crippen molar-refractivity contribution < 1.29 is 4.74 Å². The molecule has 0 spiro atoms. The molecule has 4 heteroatoms. The average molecular weight is 193 g/mol. The van der Waals surface area contributed by atoms with Crippen molar-refractivity contribution in [3.05, 3.63) is 29.6 Å². The number of hydrogen-bond donors (Lipinski definition) is 1. The summed E-state index contributed by atoms with van der Waals surface area (Å²) in [4.78, 5) is 8.31. The van der Waals surface area contributed by atoms with Gasteiger partial charge in [0.2, 0.25) is 0 Å². The zero-order valence-electron chi connectivity index (χ0n) is 8.53. The molecular formula is C10H15N3O. The number of amidine groups is 1. The second-order valence-electron chi connectivity index (χ2n) is 2.93. The lowest BCUT2D eigenvalue weighted by atomic mass is 10.2. The molecular weight excluding hydrogens is 178 g/mol. The maximum absolute atomic E-state index is 5.77. The summed E-state index contributed by atoms with van der Waals surface area (Å²) in [6.45, 7) is 3.10. The van der Waals surface area contributed by atoms with Crippen molar-refractivity contribution in [3.8, 4) is 0 Å². The minimum atomic E-state index is 0.472. The quantitative estimate of drug-likeness (QED) is 0.436. The number of methoxy groups -OCH3 is 1. The molecule has 0 saturated heterocycles. The highest BCUT2D eigenvalue weighted by Crippen LogP contribution is 2.02. The van der Waals surface area contributed by atoms with Gasteiger partial charge in [-0.05, 0) is 18.6 Å². The van der Waals surface area contributed by atoms with Gasteiger partial charge >= 0.3 is 0 Å². The third-order valence-corrected chi connectivity index (χ3v) is 1.83. The first-order valence-electron chi connectivity index (χ1n) is 4.46. The first-order valence-corrected chi connectivity index (χ1v) is 4.46. The lowest BCUT2D eigenvalue weighted by molar-refractivity contribution is 0.208. The zero-order chi connectivity index (χ0) is 10.4. The Morgan fingerprint density at radius 3 is 3.07 bits per heavy atom. The predicted molar refractivity (Wildman–Crippen MR) is 56.4 cm³/mol. The second-order valence-corrected chi connectivity index (χ2v) is 2.93. The van der Waals surface area contributed by atoms with E-state index in [0.29, 0.717) is 19.0 Å². The number of aryl methyl sites for hydroxylation is 1. The minimum absolute atomic E-state index is 0.472. The number of nitrogens with zero attached hydrogens (tertiary/aromatic N) is 2. The highest BCUT2D eigenvalue weighted by molar-refractivity contribution is 5.96. The Morgan fingerprint density at radius 2 is 2.43 bits per heavy atom. The molecule has 0 atom stereocenters. The van der Waals surface area contributed by atoms with Crippen LogP contribution in [0.4, 0.5) is 0 Å². The van der Waals surface area contributed by atoms with Crippen LogP contribution in [0.5, 0.6) is 0 Å². The SMILES string of the molecule is COCCN=C(N)c1ncccc1C. The molecule has 0 aliphatic rings. The summed E-state index contributed by atoms with van der Waals surface area (Å²) in [5.74, 6) is 0.472. The molecule has 1 heterocycles. The molecule has 14 heavy (non-hydrogen) atoms. The van der Waals surface area contributed by atoms with Gasteiger partial charge in [0.25, 0.3) is 0 Å². The summed E-state index contributed by atoms with van der Waals surface area (Å²) in [6.07, 6.45) is 1.71. The zero-order valence-corrected chi connectivity index (χ0v) is 8.53. The van der Waals surface area contributed by atoms with E-state index in [0.717, 1.165) is 11.3 Å². The van der Waals surface area contributed by atoms with Crippen LogP contribution >= 0.6 is 0 Å². The molecule has 0 aliphatic carbocycles. The Balaban J connectivity index is 2.73. The van der Waals surface area contributed by atoms with Gasteiger partial charge in [-0.3, -0.25) is 9.98 Å². The van der Waals surface area contributed by atoms with E-state index >= 15 is 0 Å². The molecule has 4 nitrogen and oxygen atoms in total. The minimum Gasteiger partial charge on any atom is -0.383 e. The number of hydrogen-bond acceptors (Lipinski definition) is 3. The maximum Gasteiger partial charge on any atom is 0.144 e. The largest absolute Gasteiger partial charge is 0.383 e. The van der Waals surface area contributed by atoms with E-state index in [2.05, 4.69) is 9.98 Å². The third-order valence-electron chi connectivity index (χ3n) is 1.83. The van der Waals surface area contributed by atoms with Crippen LogP contribution < -0.4 is 5.73 Å². The number of rotatable bonds is 4. The normalized spacial score (nSPS) is 11.7. The Labute approximate surface area is 83.8 Å². The molecule has 0 aliphatic heterocycles. The van der Waals surface area contributed by atoms with Crippen molar-refractivity contribution in [3.63, 3.8) is 0 Å². The van der Waals surface area contributed by atoms with E-state index in [-0.39, 0.29) is 0 Å².